The van der Waals surface area contributed by atoms with Gasteiger partial charge in [-0.05, 0) is 43.5 Å². The number of aromatic nitrogens is 2. The van der Waals surface area contributed by atoms with Gasteiger partial charge in [-0.25, -0.2) is 4.79 Å². The van der Waals surface area contributed by atoms with Crippen molar-refractivity contribution >= 4 is 29.0 Å². The van der Waals surface area contributed by atoms with Crippen LogP contribution in [0.15, 0.2) is 27.8 Å². The van der Waals surface area contributed by atoms with Gasteiger partial charge < -0.3 is 15.4 Å². The molecule has 9 heteroatoms. The monoisotopic (exact) mass is 450 g/mol. The molecule has 1 amide bonds. The zero-order valence-electron chi connectivity index (χ0n) is 18.4. The van der Waals surface area contributed by atoms with E-state index < -0.39 is 17.2 Å². The first-order valence-electron chi connectivity index (χ1n) is 10.6. The number of aryl methyl sites for hydroxylation is 1. The second kappa shape index (κ2) is 11.6. The normalized spacial score (nSPS) is 10.8. The van der Waals surface area contributed by atoms with Crippen molar-refractivity contribution in [3.05, 3.63) is 49.6 Å². The van der Waals surface area contributed by atoms with Crippen LogP contribution in [0.2, 0.25) is 5.02 Å². The van der Waals surface area contributed by atoms with Gasteiger partial charge in [-0.1, -0.05) is 44.7 Å². The summed E-state index contributed by atoms with van der Waals surface area (Å²) in [7, 11) is 0. The lowest BCUT2D eigenvalue weighted by Gasteiger charge is -2.24. The van der Waals surface area contributed by atoms with Gasteiger partial charge in [0, 0.05) is 18.1 Å². The highest BCUT2D eigenvalue weighted by molar-refractivity contribution is 6.30. The molecule has 8 nitrogen and oxygen atoms in total. The van der Waals surface area contributed by atoms with Gasteiger partial charge in [0.05, 0.1) is 0 Å². The van der Waals surface area contributed by atoms with Crippen molar-refractivity contribution in [1.82, 2.24) is 9.55 Å². The number of aromatic amines is 1. The summed E-state index contributed by atoms with van der Waals surface area (Å²) < 4.78 is 7.00. The highest BCUT2D eigenvalue weighted by atomic mass is 35.5. The van der Waals surface area contributed by atoms with E-state index >= 15 is 0 Å². The number of nitrogens with zero attached hydrogens (tertiary/aromatic N) is 2. The number of nitrogens with two attached hydrogens (primary N) is 1. The Labute approximate surface area is 187 Å². The number of rotatable bonds is 11. The summed E-state index contributed by atoms with van der Waals surface area (Å²) in [6.07, 6.45) is 4.10. The fourth-order valence-corrected chi connectivity index (χ4v) is 3.48. The first kappa shape index (κ1) is 24.5. The number of amides is 1. The SMILES string of the molecule is CCCCCN(C(=O)COc1ccc(Cl)cc1C)c1c(N)n(CCCC)c(=O)[nH]c1=O. The molecular weight excluding hydrogens is 420 g/mol. The minimum Gasteiger partial charge on any atom is -0.483 e. The molecule has 0 saturated carbocycles. The highest BCUT2D eigenvalue weighted by Gasteiger charge is 2.24. The lowest BCUT2D eigenvalue weighted by Crippen LogP contribution is -2.43. The molecule has 2 aromatic rings. The number of benzene rings is 1. The van der Waals surface area contributed by atoms with Crippen molar-refractivity contribution in [3.63, 3.8) is 0 Å². The molecule has 1 heterocycles. The molecule has 3 N–H and O–H groups in total. The largest absolute Gasteiger partial charge is 0.483 e. The number of H-pyrrole nitrogens is 1. The van der Waals surface area contributed by atoms with Crippen molar-refractivity contribution in [1.29, 1.82) is 0 Å². The van der Waals surface area contributed by atoms with E-state index in [0.29, 0.717) is 30.3 Å². The molecule has 31 heavy (non-hydrogen) atoms. The zero-order chi connectivity index (χ0) is 23.0. The highest BCUT2D eigenvalue weighted by Crippen LogP contribution is 2.23. The maximum atomic E-state index is 13.1. The van der Waals surface area contributed by atoms with Crippen molar-refractivity contribution in [2.45, 2.75) is 59.4 Å². The van der Waals surface area contributed by atoms with E-state index in [9.17, 15) is 14.4 Å². The minimum atomic E-state index is -0.678. The van der Waals surface area contributed by atoms with Crippen LogP contribution in [0.5, 0.6) is 5.75 Å². The van der Waals surface area contributed by atoms with Gasteiger partial charge in [-0.3, -0.25) is 19.1 Å². The van der Waals surface area contributed by atoms with E-state index in [4.69, 9.17) is 22.1 Å². The van der Waals surface area contributed by atoms with Gasteiger partial charge in [-0.15, -0.1) is 0 Å². The Morgan fingerprint density at radius 1 is 1.19 bits per heavy atom. The molecule has 2 rings (SSSR count). The third kappa shape index (κ3) is 6.37. The van der Waals surface area contributed by atoms with Crippen LogP contribution in [0.1, 0.15) is 51.5 Å². The molecule has 0 saturated heterocycles. The average Bonchev–Trinajstić information content (AvgIpc) is 2.71. The maximum Gasteiger partial charge on any atom is 0.330 e. The Balaban J connectivity index is 2.35. The Bertz CT molecular complexity index is 1020. The summed E-state index contributed by atoms with van der Waals surface area (Å²) in [5.74, 6) is 0.110. The number of nitrogen functional groups attached to an aromatic ring is 1. The zero-order valence-corrected chi connectivity index (χ0v) is 19.1. The van der Waals surface area contributed by atoms with Gasteiger partial charge in [0.25, 0.3) is 11.5 Å². The third-order valence-corrected chi connectivity index (χ3v) is 5.23. The molecule has 0 fully saturated rings. The molecule has 1 aromatic heterocycles. The smallest absolute Gasteiger partial charge is 0.330 e. The average molecular weight is 451 g/mol. The van der Waals surface area contributed by atoms with Crippen LogP contribution in [0, 0.1) is 6.92 Å². The molecule has 1 aromatic carbocycles. The summed E-state index contributed by atoms with van der Waals surface area (Å²) >= 11 is 5.97. The molecular formula is C22H31ClN4O4. The van der Waals surface area contributed by atoms with Crippen LogP contribution in [0.3, 0.4) is 0 Å². The second-order valence-corrected chi connectivity index (χ2v) is 7.89. The van der Waals surface area contributed by atoms with Gasteiger partial charge in [-0.2, -0.15) is 0 Å². The fraction of sp³-hybridized carbons (Fsp3) is 0.500. The molecule has 0 bridgehead atoms. The number of anilines is 2. The van der Waals surface area contributed by atoms with Crippen LogP contribution in [0.4, 0.5) is 11.5 Å². The van der Waals surface area contributed by atoms with E-state index in [1.165, 1.54) is 9.47 Å². The minimum absolute atomic E-state index is 0.00489. The van der Waals surface area contributed by atoms with E-state index in [0.717, 1.165) is 31.2 Å². The summed E-state index contributed by atoms with van der Waals surface area (Å²) in [6.45, 7) is 6.26. The standard InChI is InChI=1S/C22H31ClN4O4/c1-4-6-8-12-26(18(28)14-31-17-10-9-16(23)13-15(17)3)19-20(24)27(11-7-5-2)22(30)25-21(19)29/h9-10,13H,4-8,11-12,14,24H2,1-3H3,(H,25,29,30). The van der Waals surface area contributed by atoms with E-state index in [2.05, 4.69) is 4.98 Å². The fourth-order valence-electron chi connectivity index (χ4n) is 3.25. The predicted octanol–water partition coefficient (Wildman–Crippen LogP) is 3.48. The summed E-state index contributed by atoms with van der Waals surface area (Å²) in [5, 5.41) is 0.575. The number of carbonyl (C=O) groups excluding carboxylic acids is 1. The number of halogens is 1. The first-order chi connectivity index (χ1) is 14.8. The quantitative estimate of drug-likeness (QED) is 0.509. The molecule has 0 atom stereocenters. The lowest BCUT2D eigenvalue weighted by molar-refractivity contribution is -0.120. The molecule has 0 radical (unpaired) electrons. The lowest BCUT2D eigenvalue weighted by atomic mass is 10.2. The van der Waals surface area contributed by atoms with Crippen molar-refractivity contribution in [2.24, 2.45) is 0 Å². The summed E-state index contributed by atoms with van der Waals surface area (Å²) in [4.78, 5) is 41.6. The Kier molecular flexibility index (Phi) is 9.18. The van der Waals surface area contributed by atoms with Gasteiger partial charge in [0.1, 0.15) is 11.6 Å². The first-order valence-corrected chi connectivity index (χ1v) is 11.0. The van der Waals surface area contributed by atoms with E-state index in [1.54, 1.807) is 18.2 Å². The van der Waals surface area contributed by atoms with Crippen molar-refractivity contribution in [2.75, 3.05) is 23.8 Å². The number of unbranched alkanes of at least 4 members (excludes halogenated alkanes) is 3. The molecule has 0 aliphatic carbocycles. The molecule has 0 aliphatic heterocycles. The Morgan fingerprint density at radius 2 is 1.90 bits per heavy atom. The van der Waals surface area contributed by atoms with Crippen LogP contribution in [0.25, 0.3) is 0 Å². The van der Waals surface area contributed by atoms with Crippen LogP contribution < -0.4 is 26.6 Å². The van der Waals surface area contributed by atoms with Crippen LogP contribution >= 0.6 is 11.6 Å². The van der Waals surface area contributed by atoms with E-state index in [1.807, 2.05) is 20.8 Å². The number of ether oxygens (including phenoxy) is 1. The molecule has 0 aliphatic rings. The number of carbonyl (C=O) groups is 1. The maximum absolute atomic E-state index is 13.1. The predicted molar refractivity (Wildman–Crippen MR) is 124 cm³/mol. The number of nitrogens with one attached hydrogen (secondary N) is 1. The topological polar surface area (TPSA) is 110 Å². The molecule has 0 spiro atoms. The number of hydrogen-bond donors (Lipinski definition) is 2. The molecule has 170 valence electrons. The van der Waals surface area contributed by atoms with Crippen LogP contribution in [-0.2, 0) is 11.3 Å². The van der Waals surface area contributed by atoms with Crippen molar-refractivity contribution in [3.8, 4) is 5.75 Å². The summed E-state index contributed by atoms with van der Waals surface area (Å²) in [5.41, 5.74) is 5.75. The van der Waals surface area contributed by atoms with Crippen LogP contribution in [-0.4, -0.2) is 28.6 Å². The van der Waals surface area contributed by atoms with Gasteiger partial charge in [0.15, 0.2) is 12.3 Å². The Morgan fingerprint density at radius 3 is 2.55 bits per heavy atom. The molecule has 0 unspecified atom stereocenters. The number of hydrogen-bond acceptors (Lipinski definition) is 5. The Hall–Kier alpha value is -2.74. The van der Waals surface area contributed by atoms with E-state index in [-0.39, 0.29) is 18.1 Å². The van der Waals surface area contributed by atoms with Gasteiger partial charge in [0.2, 0.25) is 0 Å². The summed E-state index contributed by atoms with van der Waals surface area (Å²) in [6, 6.07) is 5.12. The van der Waals surface area contributed by atoms with Gasteiger partial charge >= 0.3 is 5.69 Å². The second-order valence-electron chi connectivity index (χ2n) is 7.45. The van der Waals surface area contributed by atoms with Crippen molar-refractivity contribution < 1.29 is 9.53 Å². The third-order valence-electron chi connectivity index (χ3n) is 4.99.